The Balaban J connectivity index is 4.14. The van der Waals surface area contributed by atoms with Crippen molar-refractivity contribution >= 4 is 24.1 Å². The Kier molecular flexibility index (Phi) is 14.3. The molecule has 188 valence electrons. The Labute approximate surface area is 196 Å². The zero-order valence-electron chi connectivity index (χ0n) is 20.3. The zero-order chi connectivity index (χ0) is 25.4. The summed E-state index contributed by atoms with van der Waals surface area (Å²) in [6.45, 7) is 16.7. The van der Waals surface area contributed by atoms with E-state index in [1.165, 1.54) is 0 Å². The lowest BCUT2D eigenvalue weighted by atomic mass is 9.80. The van der Waals surface area contributed by atoms with Gasteiger partial charge in [-0.05, 0) is 38.0 Å². The van der Waals surface area contributed by atoms with Crippen molar-refractivity contribution in [3.05, 3.63) is 25.3 Å². The minimum absolute atomic E-state index is 0.0462. The third-order valence-corrected chi connectivity index (χ3v) is 4.44. The van der Waals surface area contributed by atoms with Gasteiger partial charge in [0.2, 0.25) is 0 Å². The second-order valence-electron chi connectivity index (χ2n) is 8.63. The van der Waals surface area contributed by atoms with Crippen molar-refractivity contribution in [3.63, 3.8) is 0 Å². The highest BCUT2D eigenvalue weighted by atomic mass is 16.6. The standard InChI is InChI=1S/C23H38N2O8/c1-8-19(26)30-14-17(4)32-21(28)24-11-10-23(6,7)12-16(3)13-25-22(29)33-18(5)15-31-20(27)9-2/h8-9,16-18H,1-2,10-15H2,3-7H3,(H,24,28)(H,25,29). The van der Waals surface area contributed by atoms with E-state index in [1.807, 2.05) is 6.92 Å². The summed E-state index contributed by atoms with van der Waals surface area (Å²) < 4.78 is 19.9. The molecule has 0 spiro atoms. The third kappa shape index (κ3) is 16.3. The van der Waals surface area contributed by atoms with Crippen molar-refractivity contribution in [3.8, 4) is 0 Å². The SMILES string of the molecule is C=CC(=O)OCC(C)OC(=O)NCCC(C)(C)CC(C)CNC(=O)OC(C)COC(=O)C=C. The molecule has 0 aliphatic heterocycles. The Bertz CT molecular complexity index is 677. The van der Waals surface area contributed by atoms with Crippen molar-refractivity contribution in [2.24, 2.45) is 11.3 Å². The van der Waals surface area contributed by atoms with Crippen LogP contribution in [0.1, 0.15) is 47.5 Å². The van der Waals surface area contributed by atoms with Crippen molar-refractivity contribution in [1.29, 1.82) is 0 Å². The van der Waals surface area contributed by atoms with Crippen LogP contribution < -0.4 is 10.6 Å². The van der Waals surface area contributed by atoms with Gasteiger partial charge in [-0.1, -0.05) is 33.9 Å². The van der Waals surface area contributed by atoms with E-state index in [4.69, 9.17) is 18.9 Å². The number of hydrogen-bond acceptors (Lipinski definition) is 8. The molecule has 0 saturated carbocycles. The predicted molar refractivity (Wildman–Crippen MR) is 122 cm³/mol. The fourth-order valence-electron chi connectivity index (χ4n) is 2.91. The topological polar surface area (TPSA) is 129 Å². The number of alkyl carbamates (subject to hydrolysis) is 2. The molecule has 0 aromatic rings. The molecule has 0 rings (SSSR count). The fourth-order valence-corrected chi connectivity index (χ4v) is 2.91. The van der Waals surface area contributed by atoms with E-state index in [2.05, 4.69) is 37.6 Å². The highest BCUT2D eigenvalue weighted by Gasteiger charge is 2.22. The number of rotatable bonds is 15. The lowest BCUT2D eigenvalue weighted by Crippen LogP contribution is -2.35. The molecule has 10 nitrogen and oxygen atoms in total. The summed E-state index contributed by atoms with van der Waals surface area (Å²) in [5.74, 6) is -0.992. The molecule has 33 heavy (non-hydrogen) atoms. The quantitative estimate of drug-likeness (QED) is 0.212. The monoisotopic (exact) mass is 470 g/mol. The van der Waals surface area contributed by atoms with Gasteiger partial charge >= 0.3 is 24.1 Å². The van der Waals surface area contributed by atoms with Crippen molar-refractivity contribution in [2.75, 3.05) is 26.3 Å². The molecular weight excluding hydrogens is 432 g/mol. The first-order valence-electron chi connectivity index (χ1n) is 10.9. The maximum atomic E-state index is 11.9. The number of ether oxygens (including phenoxy) is 4. The molecule has 0 aromatic carbocycles. The summed E-state index contributed by atoms with van der Waals surface area (Å²) in [5.41, 5.74) is -0.102. The van der Waals surface area contributed by atoms with Gasteiger partial charge in [-0.2, -0.15) is 0 Å². The maximum absolute atomic E-state index is 11.9. The lowest BCUT2D eigenvalue weighted by molar-refractivity contribution is -0.141. The first-order valence-corrected chi connectivity index (χ1v) is 10.9. The first kappa shape index (κ1) is 30.0. The average molecular weight is 471 g/mol. The zero-order valence-corrected chi connectivity index (χ0v) is 20.3. The summed E-state index contributed by atoms with van der Waals surface area (Å²) in [6, 6.07) is 0. The average Bonchev–Trinajstić information content (AvgIpc) is 2.73. The number of esters is 2. The molecule has 3 atom stereocenters. The van der Waals surface area contributed by atoms with Gasteiger partial charge in [-0.25, -0.2) is 19.2 Å². The van der Waals surface area contributed by atoms with E-state index < -0.39 is 36.3 Å². The van der Waals surface area contributed by atoms with Gasteiger partial charge in [0.1, 0.15) is 25.4 Å². The molecule has 0 fully saturated rings. The van der Waals surface area contributed by atoms with E-state index in [-0.39, 0.29) is 24.5 Å². The second-order valence-corrected chi connectivity index (χ2v) is 8.63. The van der Waals surface area contributed by atoms with Crippen LogP contribution in [0.4, 0.5) is 9.59 Å². The molecule has 2 N–H and O–H groups in total. The lowest BCUT2D eigenvalue weighted by Gasteiger charge is -2.28. The Morgan fingerprint density at radius 3 is 1.76 bits per heavy atom. The normalized spacial score (nSPS) is 13.5. The van der Waals surface area contributed by atoms with Crippen LogP contribution >= 0.6 is 0 Å². The molecule has 0 aliphatic rings. The van der Waals surface area contributed by atoms with E-state index in [1.54, 1.807) is 13.8 Å². The molecule has 0 aliphatic carbocycles. The number of carbonyl (C=O) groups is 4. The highest BCUT2D eigenvalue weighted by molar-refractivity contribution is 5.81. The molecular formula is C23H38N2O8. The predicted octanol–water partition coefficient (Wildman–Crippen LogP) is 3.12. The van der Waals surface area contributed by atoms with E-state index in [0.29, 0.717) is 19.5 Å². The van der Waals surface area contributed by atoms with Gasteiger partial charge in [-0.15, -0.1) is 0 Å². The molecule has 0 heterocycles. The molecule has 0 bridgehead atoms. The Morgan fingerprint density at radius 1 is 0.848 bits per heavy atom. The summed E-state index contributed by atoms with van der Waals surface area (Å²) in [5, 5.41) is 5.39. The van der Waals surface area contributed by atoms with Crippen LogP contribution in [0.5, 0.6) is 0 Å². The second kappa shape index (κ2) is 15.7. The minimum Gasteiger partial charge on any atom is -0.459 e. The van der Waals surface area contributed by atoms with E-state index >= 15 is 0 Å². The van der Waals surface area contributed by atoms with Crippen LogP contribution in [0, 0.1) is 11.3 Å². The summed E-state index contributed by atoms with van der Waals surface area (Å²) in [7, 11) is 0. The summed E-state index contributed by atoms with van der Waals surface area (Å²) in [6.07, 6.45) is 1.25. The molecule has 0 radical (unpaired) electrons. The molecule has 2 amide bonds. The van der Waals surface area contributed by atoms with Crippen LogP contribution in [0.25, 0.3) is 0 Å². The smallest absolute Gasteiger partial charge is 0.407 e. The Morgan fingerprint density at radius 2 is 1.30 bits per heavy atom. The highest BCUT2D eigenvalue weighted by Crippen LogP contribution is 2.28. The van der Waals surface area contributed by atoms with Gasteiger partial charge in [0.15, 0.2) is 0 Å². The van der Waals surface area contributed by atoms with Crippen LogP contribution in [-0.2, 0) is 28.5 Å². The van der Waals surface area contributed by atoms with Crippen molar-refractivity contribution < 1.29 is 38.1 Å². The van der Waals surface area contributed by atoms with Crippen LogP contribution in [0.2, 0.25) is 0 Å². The largest absolute Gasteiger partial charge is 0.459 e. The summed E-state index contributed by atoms with van der Waals surface area (Å²) >= 11 is 0. The van der Waals surface area contributed by atoms with Gasteiger partial charge in [0.05, 0.1) is 0 Å². The summed E-state index contributed by atoms with van der Waals surface area (Å²) in [4.78, 5) is 45.8. The van der Waals surface area contributed by atoms with E-state index in [9.17, 15) is 19.2 Å². The van der Waals surface area contributed by atoms with E-state index in [0.717, 1.165) is 18.6 Å². The van der Waals surface area contributed by atoms with Gasteiger partial charge in [0.25, 0.3) is 0 Å². The van der Waals surface area contributed by atoms with Crippen molar-refractivity contribution in [2.45, 2.75) is 59.7 Å². The van der Waals surface area contributed by atoms with Crippen LogP contribution in [0.15, 0.2) is 25.3 Å². The number of amides is 2. The maximum Gasteiger partial charge on any atom is 0.407 e. The molecule has 0 aromatic heterocycles. The fraction of sp³-hybridized carbons (Fsp3) is 0.652. The number of carbonyl (C=O) groups excluding carboxylic acids is 4. The number of hydrogen-bond donors (Lipinski definition) is 2. The molecule has 0 saturated heterocycles. The van der Waals surface area contributed by atoms with Crippen LogP contribution in [0.3, 0.4) is 0 Å². The molecule has 3 unspecified atom stereocenters. The van der Waals surface area contributed by atoms with Gasteiger partial charge in [0, 0.05) is 25.2 Å². The minimum atomic E-state index is -0.585. The number of nitrogens with one attached hydrogen (secondary N) is 2. The molecule has 10 heteroatoms. The van der Waals surface area contributed by atoms with Crippen LogP contribution in [-0.4, -0.2) is 62.6 Å². The van der Waals surface area contributed by atoms with Gasteiger partial charge < -0.3 is 29.6 Å². The van der Waals surface area contributed by atoms with Crippen molar-refractivity contribution in [1.82, 2.24) is 10.6 Å². The Hall–Kier alpha value is -3.04. The first-order chi connectivity index (χ1) is 15.4. The van der Waals surface area contributed by atoms with Gasteiger partial charge in [-0.3, -0.25) is 0 Å². The third-order valence-electron chi connectivity index (χ3n) is 4.44.